The van der Waals surface area contributed by atoms with Gasteiger partial charge in [0.05, 0.1) is 0 Å². The highest BCUT2D eigenvalue weighted by atomic mass is 79.9. The lowest BCUT2D eigenvalue weighted by atomic mass is 9.96. The summed E-state index contributed by atoms with van der Waals surface area (Å²) in [6.45, 7) is 9.99. The zero-order valence-corrected chi connectivity index (χ0v) is 13.0. The monoisotopic (exact) mass is 297 g/mol. The third-order valence-electron chi connectivity index (χ3n) is 2.95. The molecule has 0 aliphatic heterocycles. The minimum absolute atomic E-state index is 0.479. The molecule has 0 amide bonds. The quantitative estimate of drug-likeness (QED) is 0.792. The summed E-state index contributed by atoms with van der Waals surface area (Å²) in [6, 6.07) is 7.17. The lowest BCUT2D eigenvalue weighted by Crippen LogP contribution is -2.23. The topological polar surface area (TPSA) is 12.0 Å². The van der Waals surface area contributed by atoms with E-state index in [1.807, 2.05) is 0 Å². The zero-order chi connectivity index (χ0) is 12.8. The van der Waals surface area contributed by atoms with Gasteiger partial charge in [-0.15, -0.1) is 0 Å². The van der Waals surface area contributed by atoms with Crippen molar-refractivity contribution in [1.82, 2.24) is 5.32 Å². The Hall–Kier alpha value is -0.340. The smallest absolute Gasteiger partial charge is 0.0323 e. The molecule has 1 rings (SSSR count). The number of hydrogen-bond donors (Lipinski definition) is 1. The van der Waals surface area contributed by atoms with Crippen molar-refractivity contribution in [2.45, 2.75) is 46.6 Å². The van der Waals surface area contributed by atoms with Gasteiger partial charge in [0.15, 0.2) is 0 Å². The van der Waals surface area contributed by atoms with Crippen LogP contribution in [0.5, 0.6) is 0 Å². The fourth-order valence-electron chi connectivity index (χ4n) is 1.95. The fourth-order valence-corrected chi connectivity index (χ4v) is 2.35. The summed E-state index contributed by atoms with van der Waals surface area (Å²) in [7, 11) is 0. The summed E-state index contributed by atoms with van der Waals surface area (Å²) in [4.78, 5) is 0. The second-order valence-corrected chi connectivity index (χ2v) is 6.00. The molecule has 1 unspecified atom stereocenters. The van der Waals surface area contributed by atoms with Gasteiger partial charge in [0.25, 0.3) is 0 Å². The summed E-state index contributed by atoms with van der Waals surface area (Å²) < 4.78 is 1.21. The zero-order valence-electron chi connectivity index (χ0n) is 11.4. The largest absolute Gasteiger partial charge is 0.310 e. The van der Waals surface area contributed by atoms with E-state index in [0.717, 1.165) is 6.54 Å². The van der Waals surface area contributed by atoms with E-state index in [9.17, 15) is 0 Å². The van der Waals surface area contributed by atoms with E-state index in [1.54, 1.807) is 0 Å². The Morgan fingerprint density at radius 2 is 2.00 bits per heavy atom. The minimum atomic E-state index is 0.479. The molecular formula is C15H24BrN. The summed E-state index contributed by atoms with van der Waals surface area (Å²) >= 11 is 3.62. The Balaban J connectivity index is 2.83. The molecule has 0 aromatic heterocycles. The maximum atomic E-state index is 3.64. The Bertz CT molecular complexity index is 347. The SMILES string of the molecule is CCCNC(CC(C)C)c1ccc(C)c(Br)c1. The second-order valence-electron chi connectivity index (χ2n) is 5.14. The molecule has 0 heterocycles. The summed E-state index contributed by atoms with van der Waals surface area (Å²) in [6.07, 6.45) is 2.37. The molecule has 1 aromatic rings. The molecule has 1 atom stereocenters. The molecule has 0 aliphatic rings. The van der Waals surface area contributed by atoms with Crippen LogP contribution >= 0.6 is 15.9 Å². The van der Waals surface area contributed by atoms with Crippen LogP contribution in [0.4, 0.5) is 0 Å². The van der Waals surface area contributed by atoms with Gasteiger partial charge >= 0.3 is 0 Å². The molecule has 0 saturated carbocycles. The van der Waals surface area contributed by atoms with Crippen LogP contribution < -0.4 is 5.32 Å². The molecule has 0 saturated heterocycles. The molecule has 96 valence electrons. The molecule has 0 bridgehead atoms. The van der Waals surface area contributed by atoms with Crippen molar-refractivity contribution in [3.63, 3.8) is 0 Å². The van der Waals surface area contributed by atoms with E-state index in [4.69, 9.17) is 0 Å². The Morgan fingerprint density at radius 1 is 1.29 bits per heavy atom. The Kier molecular flexibility index (Phi) is 6.21. The van der Waals surface area contributed by atoms with Crippen LogP contribution in [-0.4, -0.2) is 6.54 Å². The average molecular weight is 298 g/mol. The highest BCUT2D eigenvalue weighted by molar-refractivity contribution is 9.10. The number of aryl methyl sites for hydroxylation is 1. The van der Waals surface area contributed by atoms with Crippen LogP contribution in [0.3, 0.4) is 0 Å². The molecule has 17 heavy (non-hydrogen) atoms. The molecule has 1 N–H and O–H groups in total. The fraction of sp³-hybridized carbons (Fsp3) is 0.600. The van der Waals surface area contributed by atoms with Crippen molar-refractivity contribution >= 4 is 15.9 Å². The van der Waals surface area contributed by atoms with E-state index in [0.29, 0.717) is 12.0 Å². The van der Waals surface area contributed by atoms with Gasteiger partial charge in [0.2, 0.25) is 0 Å². The average Bonchev–Trinajstić information content (AvgIpc) is 2.27. The van der Waals surface area contributed by atoms with E-state index in [-0.39, 0.29) is 0 Å². The van der Waals surface area contributed by atoms with Crippen LogP contribution in [0.25, 0.3) is 0 Å². The maximum absolute atomic E-state index is 3.64. The number of benzene rings is 1. The molecule has 0 fully saturated rings. The van der Waals surface area contributed by atoms with Gasteiger partial charge in [0.1, 0.15) is 0 Å². The van der Waals surface area contributed by atoms with E-state index in [1.165, 1.54) is 28.4 Å². The molecule has 0 spiro atoms. The predicted molar refractivity (Wildman–Crippen MR) is 79.4 cm³/mol. The summed E-state index contributed by atoms with van der Waals surface area (Å²) in [5.74, 6) is 0.712. The molecule has 0 aliphatic carbocycles. The Labute approximate surface area is 114 Å². The number of nitrogens with one attached hydrogen (secondary N) is 1. The van der Waals surface area contributed by atoms with Gasteiger partial charge in [-0.05, 0) is 49.4 Å². The van der Waals surface area contributed by atoms with Gasteiger partial charge in [0, 0.05) is 10.5 Å². The van der Waals surface area contributed by atoms with Gasteiger partial charge in [-0.1, -0.05) is 48.8 Å². The first-order valence-electron chi connectivity index (χ1n) is 6.54. The van der Waals surface area contributed by atoms with Gasteiger partial charge in [-0.2, -0.15) is 0 Å². The second kappa shape index (κ2) is 7.17. The molecule has 2 heteroatoms. The standard InChI is InChI=1S/C15H24BrN/c1-5-8-17-15(9-11(2)3)13-7-6-12(4)14(16)10-13/h6-7,10-11,15,17H,5,8-9H2,1-4H3. The first-order valence-corrected chi connectivity index (χ1v) is 7.33. The van der Waals surface area contributed by atoms with Crippen LogP contribution in [0, 0.1) is 12.8 Å². The van der Waals surface area contributed by atoms with E-state index in [2.05, 4.69) is 67.1 Å². The first-order chi connectivity index (χ1) is 8.04. The molecule has 1 aromatic carbocycles. The normalized spacial score (nSPS) is 13.1. The van der Waals surface area contributed by atoms with Gasteiger partial charge < -0.3 is 5.32 Å². The first kappa shape index (κ1) is 14.7. The summed E-state index contributed by atoms with van der Waals surface area (Å²) in [5.41, 5.74) is 2.69. The third kappa shape index (κ3) is 4.81. The predicted octanol–water partition coefficient (Wildman–Crippen LogP) is 4.84. The number of hydrogen-bond acceptors (Lipinski definition) is 1. The Morgan fingerprint density at radius 3 is 2.53 bits per heavy atom. The lowest BCUT2D eigenvalue weighted by molar-refractivity contribution is 0.430. The van der Waals surface area contributed by atoms with Crippen molar-refractivity contribution in [3.05, 3.63) is 33.8 Å². The van der Waals surface area contributed by atoms with E-state index < -0.39 is 0 Å². The number of halogens is 1. The third-order valence-corrected chi connectivity index (χ3v) is 3.80. The highest BCUT2D eigenvalue weighted by Gasteiger charge is 2.13. The van der Waals surface area contributed by atoms with Crippen LogP contribution in [0.15, 0.2) is 22.7 Å². The van der Waals surface area contributed by atoms with Gasteiger partial charge in [-0.3, -0.25) is 0 Å². The van der Waals surface area contributed by atoms with Crippen molar-refractivity contribution in [3.8, 4) is 0 Å². The van der Waals surface area contributed by atoms with E-state index >= 15 is 0 Å². The summed E-state index contributed by atoms with van der Waals surface area (Å²) in [5, 5.41) is 3.64. The maximum Gasteiger partial charge on any atom is 0.0323 e. The molecule has 0 radical (unpaired) electrons. The lowest BCUT2D eigenvalue weighted by Gasteiger charge is -2.21. The molecule has 1 nitrogen and oxygen atoms in total. The van der Waals surface area contributed by atoms with Gasteiger partial charge in [-0.25, -0.2) is 0 Å². The van der Waals surface area contributed by atoms with Crippen molar-refractivity contribution in [2.24, 2.45) is 5.92 Å². The molecular weight excluding hydrogens is 274 g/mol. The van der Waals surface area contributed by atoms with Crippen molar-refractivity contribution in [2.75, 3.05) is 6.54 Å². The van der Waals surface area contributed by atoms with Crippen LogP contribution in [0.1, 0.15) is 50.8 Å². The minimum Gasteiger partial charge on any atom is -0.310 e. The van der Waals surface area contributed by atoms with Crippen LogP contribution in [0.2, 0.25) is 0 Å². The van der Waals surface area contributed by atoms with Crippen molar-refractivity contribution in [1.29, 1.82) is 0 Å². The van der Waals surface area contributed by atoms with Crippen molar-refractivity contribution < 1.29 is 0 Å². The highest BCUT2D eigenvalue weighted by Crippen LogP contribution is 2.26. The van der Waals surface area contributed by atoms with Crippen LogP contribution in [-0.2, 0) is 0 Å². The number of rotatable bonds is 6.